The predicted octanol–water partition coefficient (Wildman–Crippen LogP) is 3.82. The highest BCUT2D eigenvalue weighted by atomic mass is 32.2. The molecular formula is C16H18N2O2S2. The van der Waals surface area contributed by atoms with Crippen molar-refractivity contribution in [3.05, 3.63) is 41.5 Å². The number of thiophene rings is 1. The highest BCUT2D eigenvalue weighted by Crippen LogP contribution is 2.50. The lowest BCUT2D eigenvalue weighted by molar-refractivity contribution is -0.129. The van der Waals surface area contributed by atoms with Crippen LogP contribution in [0.25, 0.3) is 10.4 Å². The van der Waals surface area contributed by atoms with Gasteiger partial charge >= 0.3 is 0 Å². The van der Waals surface area contributed by atoms with Crippen LogP contribution in [0, 0.1) is 0 Å². The van der Waals surface area contributed by atoms with Crippen LogP contribution in [-0.4, -0.2) is 21.9 Å². The van der Waals surface area contributed by atoms with Crippen molar-refractivity contribution in [1.82, 2.24) is 10.5 Å². The Morgan fingerprint density at radius 3 is 2.77 bits per heavy atom. The van der Waals surface area contributed by atoms with E-state index in [-0.39, 0.29) is 10.7 Å². The topological polar surface area (TPSA) is 62.2 Å². The monoisotopic (exact) mass is 334 g/mol. The van der Waals surface area contributed by atoms with E-state index < -0.39 is 0 Å². The van der Waals surface area contributed by atoms with Gasteiger partial charge in [0, 0.05) is 28.6 Å². The van der Waals surface area contributed by atoms with Crippen molar-refractivity contribution in [1.29, 1.82) is 0 Å². The van der Waals surface area contributed by atoms with Crippen LogP contribution in [-0.2, 0) is 9.54 Å². The molecule has 0 aliphatic carbocycles. The second-order valence-corrected chi connectivity index (χ2v) is 7.97. The van der Waals surface area contributed by atoms with Gasteiger partial charge in [-0.2, -0.15) is 0 Å². The zero-order chi connectivity index (χ0) is 15.4. The third-order valence-electron chi connectivity index (χ3n) is 3.94. The molecule has 3 rings (SSSR count). The molecule has 0 spiro atoms. The summed E-state index contributed by atoms with van der Waals surface area (Å²) in [5, 5.41) is 8.90. The molecule has 22 heavy (non-hydrogen) atoms. The van der Waals surface area contributed by atoms with Gasteiger partial charge in [-0.3, -0.25) is 15.0 Å². The van der Waals surface area contributed by atoms with Gasteiger partial charge in [0.05, 0.1) is 4.75 Å². The Kier molecular flexibility index (Phi) is 4.81. The number of amides is 1. The van der Waals surface area contributed by atoms with Crippen LogP contribution in [0.3, 0.4) is 0 Å². The molecule has 1 fully saturated rings. The first-order chi connectivity index (χ1) is 10.7. The summed E-state index contributed by atoms with van der Waals surface area (Å²) < 4.78 is -0.207. The van der Waals surface area contributed by atoms with E-state index in [2.05, 4.69) is 17.1 Å². The first kappa shape index (κ1) is 15.5. The van der Waals surface area contributed by atoms with Crippen LogP contribution in [0.1, 0.15) is 30.6 Å². The number of nitrogens with one attached hydrogen (secondary N) is 1. The van der Waals surface area contributed by atoms with Crippen molar-refractivity contribution in [3.8, 4) is 10.4 Å². The smallest absolute Gasteiger partial charge is 0.245 e. The first-order valence-corrected chi connectivity index (χ1v) is 9.11. The zero-order valence-electron chi connectivity index (χ0n) is 12.1. The fourth-order valence-corrected chi connectivity index (χ4v) is 5.72. The minimum atomic E-state index is -0.312. The van der Waals surface area contributed by atoms with Gasteiger partial charge in [0.2, 0.25) is 5.91 Å². The summed E-state index contributed by atoms with van der Waals surface area (Å²) >= 11 is 3.58. The lowest BCUT2D eigenvalue weighted by atomic mass is 9.94. The van der Waals surface area contributed by atoms with Crippen LogP contribution in [0.4, 0.5) is 0 Å². The third kappa shape index (κ3) is 3.19. The molecule has 4 nitrogen and oxygen atoms in total. The summed E-state index contributed by atoms with van der Waals surface area (Å²) in [6, 6.07) is 8.24. The molecule has 6 heteroatoms. The molecule has 116 valence electrons. The van der Waals surface area contributed by atoms with Gasteiger partial charge < -0.3 is 0 Å². The maximum absolute atomic E-state index is 11.8. The molecule has 2 aromatic rings. The molecule has 0 radical (unpaired) electrons. The molecule has 1 aliphatic rings. The quantitative estimate of drug-likeness (QED) is 0.659. The Labute approximate surface area is 137 Å². The number of nitrogens with zero attached hydrogens (tertiary/aromatic N) is 1. The second-order valence-electron chi connectivity index (χ2n) is 5.41. The number of hydrogen-bond acceptors (Lipinski definition) is 5. The maximum atomic E-state index is 11.8. The van der Waals surface area contributed by atoms with Gasteiger partial charge in [0.25, 0.3) is 0 Å². The van der Waals surface area contributed by atoms with E-state index in [9.17, 15) is 4.79 Å². The molecular weight excluding hydrogens is 316 g/mol. The Morgan fingerprint density at radius 1 is 1.27 bits per heavy atom. The molecule has 3 heterocycles. The third-order valence-corrected chi connectivity index (χ3v) is 7.03. The van der Waals surface area contributed by atoms with Crippen LogP contribution in [0.5, 0.6) is 0 Å². The summed E-state index contributed by atoms with van der Waals surface area (Å²) in [4.78, 5) is 18.2. The number of pyridine rings is 1. The van der Waals surface area contributed by atoms with Gasteiger partial charge in [0.1, 0.15) is 0 Å². The molecule has 1 saturated heterocycles. The minimum absolute atomic E-state index is 0.207. The maximum Gasteiger partial charge on any atom is 0.245 e. The van der Waals surface area contributed by atoms with Crippen molar-refractivity contribution >= 4 is 29.0 Å². The molecule has 1 aliphatic heterocycles. The number of thioether (sulfide) groups is 1. The fraction of sp³-hybridized carbons (Fsp3) is 0.375. The molecule has 0 bridgehead atoms. The highest BCUT2D eigenvalue weighted by molar-refractivity contribution is 8.00. The summed E-state index contributed by atoms with van der Waals surface area (Å²) in [5.74, 6) is 0.745. The van der Waals surface area contributed by atoms with Crippen LogP contribution >= 0.6 is 23.1 Å². The SMILES string of the molecule is O=C(C[C@]1(c2ccc(-c3ccncc3)s2)CCCCS1)NO. The average Bonchev–Trinajstić information content (AvgIpc) is 3.07. The van der Waals surface area contributed by atoms with E-state index >= 15 is 0 Å². The zero-order valence-corrected chi connectivity index (χ0v) is 13.8. The largest absolute Gasteiger partial charge is 0.289 e. The van der Waals surface area contributed by atoms with E-state index in [0.717, 1.165) is 24.2 Å². The lowest BCUT2D eigenvalue weighted by Crippen LogP contribution is -2.32. The number of carbonyl (C=O) groups is 1. The molecule has 1 amide bonds. The first-order valence-electron chi connectivity index (χ1n) is 7.31. The van der Waals surface area contributed by atoms with Crippen LogP contribution in [0.2, 0.25) is 0 Å². The predicted molar refractivity (Wildman–Crippen MR) is 90.1 cm³/mol. The van der Waals surface area contributed by atoms with Crippen LogP contribution in [0.15, 0.2) is 36.7 Å². The summed E-state index contributed by atoms with van der Waals surface area (Å²) in [7, 11) is 0. The fourth-order valence-electron chi connectivity index (χ4n) is 2.83. The molecule has 2 aromatic heterocycles. The standard InChI is InChI=1S/C16H18N2O2S2/c19-15(18-20)11-16(7-1-2-10-21-16)14-4-3-13(22-14)12-5-8-17-9-6-12/h3-6,8-9,20H,1-2,7,10-11H2,(H,18,19)/t16-/m0/s1. The lowest BCUT2D eigenvalue weighted by Gasteiger charge is -2.35. The summed E-state index contributed by atoms with van der Waals surface area (Å²) in [6.45, 7) is 0. The minimum Gasteiger partial charge on any atom is -0.289 e. The normalized spacial score (nSPS) is 21.5. The number of hydroxylamine groups is 1. The number of carbonyl (C=O) groups excluding carboxylic acids is 1. The molecule has 0 saturated carbocycles. The Hall–Kier alpha value is -1.37. The Morgan fingerprint density at radius 2 is 2.09 bits per heavy atom. The van der Waals surface area contributed by atoms with Crippen molar-refractivity contribution in [2.45, 2.75) is 30.4 Å². The van der Waals surface area contributed by atoms with E-state index in [0.29, 0.717) is 6.42 Å². The van der Waals surface area contributed by atoms with Gasteiger partial charge in [-0.25, -0.2) is 5.48 Å². The highest BCUT2D eigenvalue weighted by Gasteiger charge is 2.38. The number of rotatable bonds is 4. The Balaban J connectivity index is 1.91. The average molecular weight is 334 g/mol. The van der Waals surface area contributed by atoms with Crippen molar-refractivity contribution in [2.75, 3.05) is 5.75 Å². The van der Waals surface area contributed by atoms with E-state index in [4.69, 9.17) is 5.21 Å². The van der Waals surface area contributed by atoms with Crippen molar-refractivity contribution < 1.29 is 10.0 Å². The summed E-state index contributed by atoms with van der Waals surface area (Å²) in [6.07, 6.45) is 7.19. The number of aromatic nitrogens is 1. The van der Waals surface area contributed by atoms with Crippen LogP contribution < -0.4 is 5.48 Å². The molecule has 0 unspecified atom stereocenters. The molecule has 2 N–H and O–H groups in total. The van der Waals surface area contributed by atoms with Crippen molar-refractivity contribution in [2.24, 2.45) is 0 Å². The van der Waals surface area contributed by atoms with Crippen molar-refractivity contribution in [3.63, 3.8) is 0 Å². The van der Waals surface area contributed by atoms with E-state index in [1.165, 1.54) is 16.2 Å². The Bertz CT molecular complexity index is 637. The van der Waals surface area contributed by atoms with Gasteiger partial charge in [-0.05, 0) is 48.4 Å². The molecule has 1 atom stereocenters. The second kappa shape index (κ2) is 6.81. The van der Waals surface area contributed by atoms with E-state index in [1.807, 2.05) is 23.9 Å². The van der Waals surface area contributed by atoms with E-state index in [1.54, 1.807) is 29.2 Å². The van der Waals surface area contributed by atoms with Gasteiger partial charge in [-0.1, -0.05) is 6.42 Å². The van der Waals surface area contributed by atoms with Gasteiger partial charge in [0.15, 0.2) is 0 Å². The summed E-state index contributed by atoms with van der Waals surface area (Å²) in [5.41, 5.74) is 2.94. The number of hydrogen-bond donors (Lipinski definition) is 2. The molecule has 0 aromatic carbocycles. The van der Waals surface area contributed by atoms with Gasteiger partial charge in [-0.15, -0.1) is 23.1 Å².